The van der Waals surface area contributed by atoms with Crippen LogP contribution in [-0.2, 0) is 12.0 Å². The minimum Gasteiger partial charge on any atom is -0.329 e. The lowest BCUT2D eigenvalue weighted by atomic mass is 9.92. The molecule has 0 aromatic carbocycles. The number of rotatable bonds is 4. The Balaban J connectivity index is 1.82. The van der Waals surface area contributed by atoms with E-state index in [4.69, 9.17) is 4.98 Å². The molecule has 3 heterocycles. The van der Waals surface area contributed by atoms with Crippen molar-refractivity contribution in [2.24, 2.45) is 0 Å². The maximum Gasteiger partial charge on any atom is 0.274 e. The lowest BCUT2D eigenvalue weighted by Crippen LogP contribution is -2.31. The standard InChI is InChI=1S/C19H28N6O/c1-19(2,3)17-9-14(22-23-17)18(26)25-8-6-7-16(25)15-11-20-10-13(21-15)12-24(4)5/h9-11,16H,6-8,12H2,1-5H3,(H,22,23)/t16-/m1/s1. The predicted molar refractivity (Wildman–Crippen MR) is 99.7 cm³/mol. The van der Waals surface area contributed by atoms with E-state index in [1.165, 1.54) is 0 Å². The second-order valence-corrected chi connectivity index (χ2v) is 8.25. The monoisotopic (exact) mass is 356 g/mol. The Hall–Kier alpha value is -2.28. The summed E-state index contributed by atoms with van der Waals surface area (Å²) in [6.07, 6.45) is 5.43. The van der Waals surface area contributed by atoms with Crippen LogP contribution >= 0.6 is 0 Å². The highest BCUT2D eigenvalue weighted by Gasteiger charge is 2.33. The Bertz CT molecular complexity index is 776. The third-order valence-corrected chi connectivity index (χ3v) is 4.64. The molecule has 1 atom stereocenters. The van der Waals surface area contributed by atoms with Gasteiger partial charge in [0, 0.05) is 30.4 Å². The Morgan fingerprint density at radius 3 is 2.77 bits per heavy atom. The second-order valence-electron chi connectivity index (χ2n) is 8.25. The molecule has 0 unspecified atom stereocenters. The normalized spacial score (nSPS) is 17.9. The molecule has 2 aromatic heterocycles. The van der Waals surface area contributed by atoms with Gasteiger partial charge in [-0.05, 0) is 33.0 Å². The Labute approximate surface area is 154 Å². The van der Waals surface area contributed by atoms with Gasteiger partial charge in [0.15, 0.2) is 0 Å². The summed E-state index contributed by atoms with van der Waals surface area (Å²) in [6, 6.07) is 1.83. The molecule has 3 rings (SSSR count). The molecule has 1 saturated heterocycles. The topological polar surface area (TPSA) is 78.0 Å². The van der Waals surface area contributed by atoms with Gasteiger partial charge in [-0.2, -0.15) is 5.10 Å². The summed E-state index contributed by atoms with van der Waals surface area (Å²) in [4.78, 5) is 26.0. The zero-order valence-electron chi connectivity index (χ0n) is 16.3. The van der Waals surface area contributed by atoms with E-state index in [-0.39, 0.29) is 17.4 Å². The summed E-state index contributed by atoms with van der Waals surface area (Å²) in [6.45, 7) is 7.74. The number of carbonyl (C=O) groups is 1. The van der Waals surface area contributed by atoms with Crippen LogP contribution in [0.15, 0.2) is 18.5 Å². The highest BCUT2D eigenvalue weighted by Crippen LogP contribution is 2.32. The molecule has 1 N–H and O–H groups in total. The SMILES string of the molecule is CN(C)Cc1cncc([C@H]2CCCN2C(=O)c2cc(C(C)(C)C)[nH]n2)n1. The molecular formula is C19H28N6O. The van der Waals surface area contributed by atoms with Crippen LogP contribution in [0.4, 0.5) is 0 Å². The lowest BCUT2D eigenvalue weighted by molar-refractivity contribution is 0.0726. The van der Waals surface area contributed by atoms with Gasteiger partial charge in [-0.15, -0.1) is 0 Å². The highest BCUT2D eigenvalue weighted by molar-refractivity contribution is 5.92. The van der Waals surface area contributed by atoms with Crippen molar-refractivity contribution in [1.82, 2.24) is 30.0 Å². The van der Waals surface area contributed by atoms with Crippen molar-refractivity contribution in [3.05, 3.63) is 41.2 Å². The minimum absolute atomic E-state index is 0.0353. The first-order valence-electron chi connectivity index (χ1n) is 9.08. The summed E-state index contributed by atoms with van der Waals surface area (Å²) in [5.41, 5.74) is 3.15. The van der Waals surface area contributed by atoms with E-state index in [0.717, 1.165) is 43.0 Å². The van der Waals surface area contributed by atoms with Gasteiger partial charge in [0.05, 0.1) is 23.6 Å². The van der Waals surface area contributed by atoms with Gasteiger partial charge in [-0.25, -0.2) is 0 Å². The molecule has 0 saturated carbocycles. The van der Waals surface area contributed by atoms with Crippen LogP contribution in [0.25, 0.3) is 0 Å². The van der Waals surface area contributed by atoms with E-state index in [1.807, 2.05) is 25.1 Å². The third-order valence-electron chi connectivity index (χ3n) is 4.64. The van der Waals surface area contributed by atoms with E-state index in [0.29, 0.717) is 5.69 Å². The van der Waals surface area contributed by atoms with Gasteiger partial charge in [0.25, 0.3) is 5.91 Å². The molecule has 1 aliphatic heterocycles. The van der Waals surface area contributed by atoms with Crippen LogP contribution in [0, 0.1) is 0 Å². The Morgan fingerprint density at radius 1 is 1.35 bits per heavy atom. The van der Waals surface area contributed by atoms with Crippen LogP contribution in [0.3, 0.4) is 0 Å². The predicted octanol–water partition coefficient (Wildman–Crippen LogP) is 2.54. The molecule has 1 aliphatic rings. The number of hydrogen-bond donors (Lipinski definition) is 1. The molecule has 7 heteroatoms. The van der Waals surface area contributed by atoms with Crippen molar-refractivity contribution in [3.63, 3.8) is 0 Å². The molecule has 140 valence electrons. The summed E-state index contributed by atoms with van der Waals surface area (Å²) >= 11 is 0. The average Bonchev–Trinajstić information content (AvgIpc) is 3.23. The first kappa shape index (κ1) is 18.5. The Kier molecular flexibility index (Phi) is 5.09. The quantitative estimate of drug-likeness (QED) is 0.911. The largest absolute Gasteiger partial charge is 0.329 e. The number of hydrogen-bond acceptors (Lipinski definition) is 5. The summed E-state index contributed by atoms with van der Waals surface area (Å²) in [5.74, 6) is -0.0425. The van der Waals surface area contributed by atoms with E-state index in [1.54, 1.807) is 12.4 Å². The molecule has 7 nitrogen and oxygen atoms in total. The van der Waals surface area contributed by atoms with Crippen molar-refractivity contribution < 1.29 is 4.79 Å². The Morgan fingerprint density at radius 2 is 2.12 bits per heavy atom. The highest BCUT2D eigenvalue weighted by atomic mass is 16.2. The van der Waals surface area contributed by atoms with E-state index < -0.39 is 0 Å². The number of aromatic nitrogens is 4. The molecule has 0 aliphatic carbocycles. The first-order valence-corrected chi connectivity index (χ1v) is 9.08. The number of amides is 1. The number of H-pyrrole nitrogens is 1. The maximum absolute atomic E-state index is 13.0. The molecule has 26 heavy (non-hydrogen) atoms. The van der Waals surface area contributed by atoms with E-state index >= 15 is 0 Å². The van der Waals surface area contributed by atoms with Gasteiger partial charge < -0.3 is 9.80 Å². The van der Waals surface area contributed by atoms with Gasteiger partial charge in [-0.1, -0.05) is 20.8 Å². The van der Waals surface area contributed by atoms with Crippen molar-refractivity contribution in [2.75, 3.05) is 20.6 Å². The van der Waals surface area contributed by atoms with Crippen LogP contribution < -0.4 is 0 Å². The van der Waals surface area contributed by atoms with Crippen molar-refractivity contribution in [1.29, 1.82) is 0 Å². The number of nitrogens with one attached hydrogen (secondary N) is 1. The first-order chi connectivity index (χ1) is 12.3. The fraction of sp³-hybridized carbons (Fsp3) is 0.579. The minimum atomic E-state index is -0.0675. The summed E-state index contributed by atoms with van der Waals surface area (Å²) in [7, 11) is 4.01. The average molecular weight is 356 g/mol. The number of nitrogens with zero attached hydrogens (tertiary/aromatic N) is 5. The molecule has 0 bridgehead atoms. The van der Waals surface area contributed by atoms with Crippen LogP contribution in [-0.4, -0.2) is 56.5 Å². The van der Waals surface area contributed by atoms with Crippen molar-refractivity contribution >= 4 is 5.91 Å². The van der Waals surface area contributed by atoms with Gasteiger partial charge in [0.2, 0.25) is 0 Å². The van der Waals surface area contributed by atoms with Gasteiger partial charge in [0.1, 0.15) is 5.69 Å². The second kappa shape index (κ2) is 7.15. The fourth-order valence-corrected chi connectivity index (χ4v) is 3.26. The van der Waals surface area contributed by atoms with Crippen LogP contribution in [0.2, 0.25) is 0 Å². The lowest BCUT2D eigenvalue weighted by Gasteiger charge is -2.23. The molecule has 1 fully saturated rings. The number of carbonyl (C=O) groups excluding carboxylic acids is 1. The van der Waals surface area contributed by atoms with Crippen molar-refractivity contribution in [2.45, 2.75) is 51.6 Å². The van der Waals surface area contributed by atoms with Crippen molar-refractivity contribution in [3.8, 4) is 0 Å². The summed E-state index contributed by atoms with van der Waals surface area (Å²) in [5, 5.41) is 7.26. The zero-order valence-corrected chi connectivity index (χ0v) is 16.3. The van der Waals surface area contributed by atoms with Gasteiger partial charge >= 0.3 is 0 Å². The van der Waals surface area contributed by atoms with Crippen LogP contribution in [0.1, 0.15) is 67.2 Å². The van der Waals surface area contributed by atoms with Gasteiger partial charge in [-0.3, -0.25) is 19.9 Å². The smallest absolute Gasteiger partial charge is 0.274 e. The zero-order chi connectivity index (χ0) is 18.9. The molecule has 0 radical (unpaired) electrons. The number of aromatic amines is 1. The third kappa shape index (κ3) is 3.93. The van der Waals surface area contributed by atoms with E-state index in [9.17, 15) is 4.79 Å². The van der Waals surface area contributed by atoms with Crippen LogP contribution in [0.5, 0.6) is 0 Å². The fourth-order valence-electron chi connectivity index (χ4n) is 3.26. The molecule has 1 amide bonds. The molecular weight excluding hydrogens is 328 g/mol. The maximum atomic E-state index is 13.0. The number of likely N-dealkylation sites (tertiary alicyclic amines) is 1. The van der Waals surface area contributed by atoms with E-state index in [2.05, 4.69) is 40.9 Å². The molecule has 2 aromatic rings. The summed E-state index contributed by atoms with van der Waals surface area (Å²) < 4.78 is 0. The molecule has 0 spiro atoms.